The normalized spacial score (nSPS) is 10.9. The molecule has 0 bridgehead atoms. The molecule has 2 N–H and O–H groups in total. The van der Waals surface area contributed by atoms with E-state index in [0.717, 1.165) is 24.4 Å². The lowest BCUT2D eigenvalue weighted by Crippen LogP contribution is -2.04. The van der Waals surface area contributed by atoms with E-state index in [-0.39, 0.29) is 0 Å². The van der Waals surface area contributed by atoms with Gasteiger partial charge in [0.15, 0.2) is 0 Å². The van der Waals surface area contributed by atoms with E-state index in [1.165, 1.54) is 16.5 Å². The molecule has 0 atom stereocenters. The maximum atomic E-state index is 5.73. The lowest BCUT2D eigenvalue weighted by molar-refractivity contribution is 0.303. The van der Waals surface area contributed by atoms with Crippen LogP contribution >= 0.6 is 0 Å². The molecule has 2 aromatic carbocycles. The topological polar surface area (TPSA) is 40.2 Å². The van der Waals surface area contributed by atoms with Crippen LogP contribution in [0.25, 0.3) is 10.9 Å². The van der Waals surface area contributed by atoms with Gasteiger partial charge in [0.25, 0.3) is 0 Å². The van der Waals surface area contributed by atoms with Gasteiger partial charge in [0, 0.05) is 30.0 Å². The van der Waals surface area contributed by atoms with E-state index >= 15 is 0 Å². The van der Waals surface area contributed by atoms with Crippen LogP contribution < -0.4 is 10.5 Å². The van der Waals surface area contributed by atoms with Crippen molar-refractivity contribution in [2.75, 3.05) is 12.3 Å². The molecule has 3 nitrogen and oxygen atoms in total. The maximum absolute atomic E-state index is 5.73. The van der Waals surface area contributed by atoms with Crippen molar-refractivity contribution in [2.45, 2.75) is 19.9 Å². The van der Waals surface area contributed by atoms with Crippen molar-refractivity contribution in [2.24, 2.45) is 0 Å². The van der Waals surface area contributed by atoms with Gasteiger partial charge >= 0.3 is 0 Å². The second-order valence-electron chi connectivity index (χ2n) is 5.35. The Bertz CT molecular complexity index is 746. The number of aryl methyl sites for hydroxylation is 2. The number of fused-ring (bicyclic) bond motifs is 1. The van der Waals surface area contributed by atoms with E-state index in [1.54, 1.807) is 0 Å². The number of rotatable bonds is 5. The molecular formula is C18H20N2O. The molecule has 0 spiro atoms. The molecule has 1 heterocycles. The Balaban J connectivity index is 1.58. The van der Waals surface area contributed by atoms with Gasteiger partial charge in [0.05, 0.1) is 6.61 Å². The minimum Gasteiger partial charge on any atom is -0.493 e. The summed E-state index contributed by atoms with van der Waals surface area (Å²) in [4.78, 5) is 0. The lowest BCUT2D eigenvalue weighted by Gasteiger charge is -2.08. The van der Waals surface area contributed by atoms with E-state index in [9.17, 15) is 0 Å². The summed E-state index contributed by atoms with van der Waals surface area (Å²) >= 11 is 0. The van der Waals surface area contributed by atoms with Crippen LogP contribution in [0.5, 0.6) is 5.75 Å². The molecule has 0 aliphatic carbocycles. The predicted molar refractivity (Wildman–Crippen MR) is 87.6 cm³/mol. The standard InChI is InChI=1S/C18H20N2O/c1-14-6-7-15-8-10-20(18(15)12-14)9-3-11-21-17-5-2-4-16(19)13-17/h2,4-8,10,12-13H,3,9,11,19H2,1H3. The average Bonchev–Trinajstić information content (AvgIpc) is 2.86. The van der Waals surface area contributed by atoms with Crippen molar-refractivity contribution in [3.63, 3.8) is 0 Å². The number of nitrogen functional groups attached to an aromatic ring is 1. The molecule has 0 fully saturated rings. The maximum Gasteiger partial charge on any atom is 0.121 e. The summed E-state index contributed by atoms with van der Waals surface area (Å²) in [6.07, 6.45) is 3.11. The van der Waals surface area contributed by atoms with Gasteiger partial charge in [-0.15, -0.1) is 0 Å². The minimum atomic E-state index is 0.689. The number of anilines is 1. The fourth-order valence-corrected chi connectivity index (χ4v) is 2.52. The number of aromatic nitrogens is 1. The molecule has 0 aliphatic heterocycles. The van der Waals surface area contributed by atoms with Crippen molar-refractivity contribution in [1.29, 1.82) is 0 Å². The van der Waals surface area contributed by atoms with E-state index < -0.39 is 0 Å². The summed E-state index contributed by atoms with van der Waals surface area (Å²) in [6.45, 7) is 3.77. The largest absolute Gasteiger partial charge is 0.493 e. The fraction of sp³-hybridized carbons (Fsp3) is 0.222. The third kappa shape index (κ3) is 3.19. The average molecular weight is 280 g/mol. The van der Waals surface area contributed by atoms with Crippen LogP contribution in [0.1, 0.15) is 12.0 Å². The van der Waals surface area contributed by atoms with Gasteiger partial charge in [-0.05, 0) is 48.6 Å². The van der Waals surface area contributed by atoms with Crippen LogP contribution in [0.2, 0.25) is 0 Å². The summed E-state index contributed by atoms with van der Waals surface area (Å²) in [5.74, 6) is 0.836. The van der Waals surface area contributed by atoms with Crippen LogP contribution in [0, 0.1) is 6.92 Å². The van der Waals surface area contributed by atoms with Crippen molar-refractivity contribution in [3.05, 3.63) is 60.3 Å². The van der Waals surface area contributed by atoms with E-state index in [0.29, 0.717) is 6.61 Å². The molecule has 3 heteroatoms. The highest BCUT2D eigenvalue weighted by molar-refractivity contribution is 5.80. The van der Waals surface area contributed by atoms with Crippen LogP contribution in [-0.4, -0.2) is 11.2 Å². The van der Waals surface area contributed by atoms with Crippen LogP contribution in [0.3, 0.4) is 0 Å². The van der Waals surface area contributed by atoms with Gasteiger partial charge < -0.3 is 15.0 Å². The highest BCUT2D eigenvalue weighted by atomic mass is 16.5. The van der Waals surface area contributed by atoms with E-state index in [4.69, 9.17) is 10.5 Å². The highest BCUT2D eigenvalue weighted by Crippen LogP contribution is 2.18. The predicted octanol–water partition coefficient (Wildman–Crippen LogP) is 4.00. The molecular weight excluding hydrogens is 260 g/mol. The van der Waals surface area contributed by atoms with Gasteiger partial charge in [-0.1, -0.05) is 18.2 Å². The molecule has 1 aromatic heterocycles. The zero-order valence-corrected chi connectivity index (χ0v) is 12.3. The van der Waals surface area contributed by atoms with Crippen molar-refractivity contribution < 1.29 is 4.74 Å². The zero-order chi connectivity index (χ0) is 14.7. The number of ether oxygens (including phenoxy) is 1. The third-order valence-electron chi connectivity index (χ3n) is 3.60. The summed E-state index contributed by atoms with van der Waals surface area (Å²) in [6, 6.07) is 16.3. The minimum absolute atomic E-state index is 0.689. The monoisotopic (exact) mass is 280 g/mol. The van der Waals surface area contributed by atoms with Crippen molar-refractivity contribution >= 4 is 16.6 Å². The lowest BCUT2D eigenvalue weighted by atomic mass is 10.2. The molecule has 108 valence electrons. The Hall–Kier alpha value is -2.42. The van der Waals surface area contributed by atoms with E-state index in [1.807, 2.05) is 24.3 Å². The Morgan fingerprint density at radius 2 is 2.00 bits per heavy atom. The van der Waals surface area contributed by atoms with Gasteiger partial charge in [-0.2, -0.15) is 0 Å². The summed E-state index contributed by atoms with van der Waals surface area (Å²) in [7, 11) is 0. The first kappa shape index (κ1) is 13.6. The SMILES string of the molecule is Cc1ccc2ccn(CCCOc3cccc(N)c3)c2c1. The number of benzene rings is 2. The molecule has 0 unspecified atom stereocenters. The number of nitrogens with zero attached hydrogens (tertiary/aromatic N) is 1. The van der Waals surface area contributed by atoms with E-state index in [2.05, 4.69) is 42.0 Å². The Kier molecular flexibility index (Phi) is 3.82. The molecule has 0 saturated heterocycles. The Morgan fingerprint density at radius 1 is 1.10 bits per heavy atom. The molecule has 0 aliphatic rings. The number of nitrogens with two attached hydrogens (primary N) is 1. The first-order valence-corrected chi connectivity index (χ1v) is 7.26. The van der Waals surface area contributed by atoms with Gasteiger partial charge in [0.2, 0.25) is 0 Å². The van der Waals surface area contributed by atoms with Gasteiger partial charge in [-0.25, -0.2) is 0 Å². The summed E-state index contributed by atoms with van der Waals surface area (Å²) in [5, 5.41) is 1.29. The molecule has 3 aromatic rings. The second-order valence-corrected chi connectivity index (χ2v) is 5.35. The molecule has 0 amide bonds. The van der Waals surface area contributed by atoms with Gasteiger partial charge in [-0.3, -0.25) is 0 Å². The summed E-state index contributed by atoms with van der Waals surface area (Å²) < 4.78 is 8.01. The third-order valence-corrected chi connectivity index (χ3v) is 3.60. The Morgan fingerprint density at radius 3 is 2.86 bits per heavy atom. The first-order valence-electron chi connectivity index (χ1n) is 7.26. The van der Waals surface area contributed by atoms with Crippen molar-refractivity contribution in [1.82, 2.24) is 4.57 Å². The highest BCUT2D eigenvalue weighted by Gasteiger charge is 2.01. The van der Waals surface area contributed by atoms with Crippen LogP contribution in [-0.2, 0) is 6.54 Å². The molecule has 0 radical (unpaired) electrons. The second kappa shape index (κ2) is 5.92. The smallest absolute Gasteiger partial charge is 0.121 e. The van der Waals surface area contributed by atoms with Crippen LogP contribution in [0.15, 0.2) is 54.7 Å². The summed E-state index contributed by atoms with van der Waals surface area (Å²) in [5.41, 5.74) is 9.05. The number of hydrogen-bond acceptors (Lipinski definition) is 2. The van der Waals surface area contributed by atoms with Crippen LogP contribution in [0.4, 0.5) is 5.69 Å². The molecule has 21 heavy (non-hydrogen) atoms. The fourth-order valence-electron chi connectivity index (χ4n) is 2.52. The van der Waals surface area contributed by atoms with Crippen molar-refractivity contribution in [3.8, 4) is 5.75 Å². The van der Waals surface area contributed by atoms with Gasteiger partial charge in [0.1, 0.15) is 5.75 Å². The Labute approximate surface area is 125 Å². The number of hydrogen-bond donors (Lipinski definition) is 1. The zero-order valence-electron chi connectivity index (χ0n) is 12.3. The molecule has 0 saturated carbocycles. The first-order chi connectivity index (χ1) is 10.2. The molecule has 3 rings (SSSR count). The quantitative estimate of drug-likeness (QED) is 0.567.